The van der Waals surface area contributed by atoms with Gasteiger partial charge in [0.05, 0.1) is 22.5 Å². The van der Waals surface area contributed by atoms with Gasteiger partial charge in [0.1, 0.15) is 0 Å². The molecule has 0 radical (unpaired) electrons. The molecule has 4 nitrogen and oxygen atoms in total. The minimum Gasteiger partial charge on any atom is -0.478 e. The van der Waals surface area contributed by atoms with Gasteiger partial charge in [-0.05, 0) is 40.2 Å². The Morgan fingerprint density at radius 3 is 2.83 bits per heavy atom. The second kappa shape index (κ2) is 5.37. The molecule has 2 rings (SSSR count). The van der Waals surface area contributed by atoms with Gasteiger partial charge in [-0.25, -0.2) is 4.79 Å². The topological polar surface area (TPSA) is 62.2 Å². The molecule has 0 spiro atoms. The van der Waals surface area contributed by atoms with Crippen molar-refractivity contribution in [3.8, 4) is 0 Å². The SMILES string of the molecule is O=C(O)c1ccncc1Nc1ccc(Cl)c(Br)c1. The summed E-state index contributed by atoms with van der Waals surface area (Å²) >= 11 is 9.19. The van der Waals surface area contributed by atoms with Gasteiger partial charge >= 0.3 is 5.97 Å². The molecule has 1 heterocycles. The zero-order valence-electron chi connectivity index (χ0n) is 9.02. The number of nitrogens with one attached hydrogen (secondary N) is 1. The molecule has 1 aromatic heterocycles. The van der Waals surface area contributed by atoms with Crippen molar-refractivity contribution in [2.75, 3.05) is 5.32 Å². The zero-order valence-corrected chi connectivity index (χ0v) is 11.4. The van der Waals surface area contributed by atoms with Gasteiger partial charge in [0, 0.05) is 16.4 Å². The molecular formula is C12H8BrClN2O2. The van der Waals surface area contributed by atoms with Crippen molar-refractivity contribution in [1.82, 2.24) is 4.98 Å². The van der Waals surface area contributed by atoms with Crippen LogP contribution in [-0.4, -0.2) is 16.1 Å². The van der Waals surface area contributed by atoms with Crippen molar-refractivity contribution in [3.63, 3.8) is 0 Å². The van der Waals surface area contributed by atoms with E-state index in [-0.39, 0.29) is 5.56 Å². The van der Waals surface area contributed by atoms with Gasteiger partial charge in [-0.15, -0.1) is 0 Å². The maximum atomic E-state index is 11.0. The molecule has 0 unspecified atom stereocenters. The first-order valence-corrected chi connectivity index (χ1v) is 6.14. The van der Waals surface area contributed by atoms with Crippen LogP contribution >= 0.6 is 27.5 Å². The summed E-state index contributed by atoms with van der Waals surface area (Å²) in [6, 6.07) is 6.67. The first kappa shape index (κ1) is 12.9. The van der Waals surface area contributed by atoms with Gasteiger partial charge in [0.2, 0.25) is 0 Å². The van der Waals surface area contributed by atoms with Crippen LogP contribution in [0.5, 0.6) is 0 Å². The van der Waals surface area contributed by atoms with Crippen LogP contribution in [0.15, 0.2) is 41.1 Å². The molecule has 0 saturated heterocycles. The van der Waals surface area contributed by atoms with Crippen LogP contribution < -0.4 is 5.32 Å². The summed E-state index contributed by atoms with van der Waals surface area (Å²) in [4.78, 5) is 14.9. The molecule has 0 amide bonds. The number of hydrogen-bond acceptors (Lipinski definition) is 3. The van der Waals surface area contributed by atoms with E-state index in [4.69, 9.17) is 16.7 Å². The number of pyridine rings is 1. The monoisotopic (exact) mass is 326 g/mol. The molecule has 2 N–H and O–H groups in total. The number of benzene rings is 1. The fourth-order valence-electron chi connectivity index (χ4n) is 1.41. The number of carboxylic acids is 1. The van der Waals surface area contributed by atoms with Crippen molar-refractivity contribution < 1.29 is 9.90 Å². The summed E-state index contributed by atoms with van der Waals surface area (Å²) in [5.41, 5.74) is 1.32. The Hall–Kier alpha value is -1.59. The lowest BCUT2D eigenvalue weighted by Gasteiger charge is -2.09. The lowest BCUT2D eigenvalue weighted by atomic mass is 10.2. The van der Waals surface area contributed by atoms with E-state index < -0.39 is 5.97 Å². The molecular weight excluding hydrogens is 320 g/mol. The molecule has 6 heteroatoms. The summed E-state index contributed by atoms with van der Waals surface area (Å²) in [6.07, 6.45) is 2.90. The average Bonchev–Trinajstić information content (AvgIpc) is 2.34. The molecule has 0 saturated carbocycles. The predicted octanol–water partition coefficient (Wildman–Crippen LogP) is 3.94. The molecule has 0 atom stereocenters. The second-order valence-electron chi connectivity index (χ2n) is 3.48. The number of halogens is 2. The number of anilines is 2. The smallest absolute Gasteiger partial charge is 0.337 e. The Bertz CT molecular complexity index is 604. The molecule has 0 aliphatic heterocycles. The van der Waals surface area contributed by atoms with E-state index in [1.54, 1.807) is 18.2 Å². The number of nitrogens with zero attached hydrogens (tertiary/aromatic N) is 1. The Kier molecular flexibility index (Phi) is 3.84. The van der Waals surface area contributed by atoms with Crippen LogP contribution in [0.3, 0.4) is 0 Å². The highest BCUT2D eigenvalue weighted by Crippen LogP contribution is 2.28. The summed E-state index contributed by atoms with van der Waals surface area (Å²) in [6.45, 7) is 0. The Morgan fingerprint density at radius 2 is 2.17 bits per heavy atom. The third-order valence-electron chi connectivity index (χ3n) is 2.25. The molecule has 0 aliphatic rings. The third-order valence-corrected chi connectivity index (χ3v) is 3.46. The van der Waals surface area contributed by atoms with Gasteiger partial charge in [0.25, 0.3) is 0 Å². The van der Waals surface area contributed by atoms with Crippen molar-refractivity contribution in [3.05, 3.63) is 51.7 Å². The number of hydrogen-bond donors (Lipinski definition) is 2. The highest BCUT2D eigenvalue weighted by Gasteiger charge is 2.10. The first-order chi connectivity index (χ1) is 8.58. The molecule has 1 aromatic carbocycles. The van der Waals surface area contributed by atoms with Crippen LogP contribution in [-0.2, 0) is 0 Å². The highest BCUT2D eigenvalue weighted by atomic mass is 79.9. The van der Waals surface area contributed by atoms with Crippen LogP contribution in [0.1, 0.15) is 10.4 Å². The summed E-state index contributed by atoms with van der Waals surface area (Å²) in [5, 5.41) is 12.6. The van der Waals surface area contributed by atoms with Gasteiger partial charge in [-0.2, -0.15) is 0 Å². The molecule has 0 bridgehead atoms. The Labute approximate surface area is 117 Å². The molecule has 0 fully saturated rings. The quantitative estimate of drug-likeness (QED) is 0.896. The maximum Gasteiger partial charge on any atom is 0.337 e. The summed E-state index contributed by atoms with van der Waals surface area (Å²) < 4.78 is 0.731. The van der Waals surface area contributed by atoms with Crippen LogP contribution in [0.4, 0.5) is 11.4 Å². The van der Waals surface area contributed by atoms with Crippen molar-refractivity contribution >= 4 is 44.9 Å². The second-order valence-corrected chi connectivity index (χ2v) is 4.74. The van der Waals surface area contributed by atoms with Crippen LogP contribution in [0, 0.1) is 0 Å². The van der Waals surface area contributed by atoms with E-state index in [1.165, 1.54) is 18.5 Å². The van der Waals surface area contributed by atoms with E-state index in [1.807, 2.05) is 0 Å². The van der Waals surface area contributed by atoms with E-state index in [0.29, 0.717) is 10.7 Å². The molecule has 2 aromatic rings. The van der Waals surface area contributed by atoms with Gasteiger partial charge in [-0.3, -0.25) is 4.98 Å². The minimum atomic E-state index is -1.01. The molecule has 18 heavy (non-hydrogen) atoms. The summed E-state index contributed by atoms with van der Waals surface area (Å²) in [7, 11) is 0. The van der Waals surface area contributed by atoms with Gasteiger partial charge in [-0.1, -0.05) is 11.6 Å². The minimum absolute atomic E-state index is 0.163. The lowest BCUT2D eigenvalue weighted by molar-refractivity contribution is 0.0698. The number of carbonyl (C=O) groups is 1. The maximum absolute atomic E-state index is 11.0. The predicted molar refractivity (Wildman–Crippen MR) is 73.6 cm³/mol. The van der Waals surface area contributed by atoms with Crippen LogP contribution in [0.2, 0.25) is 5.02 Å². The van der Waals surface area contributed by atoms with Crippen molar-refractivity contribution in [2.24, 2.45) is 0 Å². The fourth-order valence-corrected chi connectivity index (χ4v) is 1.91. The molecule has 0 aliphatic carbocycles. The largest absolute Gasteiger partial charge is 0.478 e. The first-order valence-electron chi connectivity index (χ1n) is 4.97. The Balaban J connectivity index is 2.34. The third kappa shape index (κ3) is 2.80. The number of rotatable bonds is 3. The van der Waals surface area contributed by atoms with E-state index >= 15 is 0 Å². The van der Waals surface area contributed by atoms with Crippen LogP contribution in [0.25, 0.3) is 0 Å². The zero-order chi connectivity index (χ0) is 13.1. The standard InChI is InChI=1S/C12H8BrClN2O2/c13-9-5-7(1-2-10(9)14)16-11-6-15-4-3-8(11)12(17)18/h1-6,16H,(H,17,18). The number of aromatic nitrogens is 1. The van der Waals surface area contributed by atoms with Gasteiger partial charge < -0.3 is 10.4 Å². The Morgan fingerprint density at radius 1 is 1.39 bits per heavy atom. The van der Waals surface area contributed by atoms with Crippen molar-refractivity contribution in [1.29, 1.82) is 0 Å². The molecule has 92 valence electrons. The lowest BCUT2D eigenvalue weighted by Crippen LogP contribution is -2.03. The normalized spacial score (nSPS) is 10.1. The fraction of sp³-hybridized carbons (Fsp3) is 0. The van der Waals surface area contributed by atoms with E-state index in [0.717, 1.165) is 10.2 Å². The van der Waals surface area contributed by atoms with Gasteiger partial charge in [0.15, 0.2) is 0 Å². The number of aromatic carboxylic acids is 1. The average molecular weight is 328 g/mol. The number of carboxylic acid groups (broad SMARTS) is 1. The van der Waals surface area contributed by atoms with Crippen molar-refractivity contribution in [2.45, 2.75) is 0 Å². The van der Waals surface area contributed by atoms with E-state index in [2.05, 4.69) is 26.2 Å². The summed E-state index contributed by atoms with van der Waals surface area (Å²) in [5.74, 6) is -1.01. The van der Waals surface area contributed by atoms with E-state index in [9.17, 15) is 4.79 Å². The highest BCUT2D eigenvalue weighted by molar-refractivity contribution is 9.10.